The van der Waals surface area contributed by atoms with Crippen molar-refractivity contribution < 1.29 is 26.7 Å². The van der Waals surface area contributed by atoms with E-state index in [2.05, 4.69) is 10.2 Å². The molecule has 2 aromatic carbocycles. The van der Waals surface area contributed by atoms with Gasteiger partial charge in [0.25, 0.3) is 0 Å². The zero-order valence-electron chi connectivity index (χ0n) is 21.7. The van der Waals surface area contributed by atoms with Crippen LogP contribution < -0.4 is 10.1 Å². The SMILES string of the molecule is CCN1C(C(C)(C)Oc2ccc(F)cc2F)=NC2C=C(NC(=O)Cc3ccc(S(=O)(=O)CC)cc3)C=CC21. The van der Waals surface area contributed by atoms with Crippen LogP contribution in [0, 0.1) is 11.6 Å². The van der Waals surface area contributed by atoms with Crippen molar-refractivity contribution in [3.8, 4) is 5.75 Å². The molecule has 1 N–H and O–H groups in total. The first-order valence-corrected chi connectivity index (χ1v) is 14.1. The van der Waals surface area contributed by atoms with E-state index in [4.69, 9.17) is 9.73 Å². The number of carbonyl (C=O) groups excluding carboxylic acids is 1. The van der Waals surface area contributed by atoms with Crippen molar-refractivity contribution in [2.45, 2.75) is 56.7 Å². The van der Waals surface area contributed by atoms with E-state index in [9.17, 15) is 22.0 Å². The van der Waals surface area contributed by atoms with Crippen molar-refractivity contribution in [3.05, 3.63) is 83.6 Å². The third-order valence-corrected chi connectivity index (χ3v) is 8.28. The van der Waals surface area contributed by atoms with Gasteiger partial charge >= 0.3 is 0 Å². The zero-order chi connectivity index (χ0) is 27.7. The Hall–Kier alpha value is -3.53. The highest BCUT2D eigenvalue weighted by molar-refractivity contribution is 7.91. The summed E-state index contributed by atoms with van der Waals surface area (Å²) in [5.41, 5.74) is 0.293. The molecule has 7 nitrogen and oxygen atoms in total. The maximum atomic E-state index is 14.3. The van der Waals surface area contributed by atoms with Crippen LogP contribution in [0.15, 0.2) is 76.3 Å². The molecule has 4 rings (SSSR count). The first kappa shape index (κ1) is 27.5. The lowest BCUT2D eigenvalue weighted by Gasteiger charge is -2.35. The number of amides is 1. The lowest BCUT2D eigenvalue weighted by atomic mass is 10.0. The summed E-state index contributed by atoms with van der Waals surface area (Å²) in [5.74, 6) is -1.14. The Bertz CT molecular complexity index is 1420. The minimum Gasteiger partial charge on any atom is -0.477 e. The molecular weight excluding hydrogens is 512 g/mol. The number of nitrogens with one attached hydrogen (secondary N) is 1. The predicted molar refractivity (Wildman–Crippen MR) is 142 cm³/mol. The largest absolute Gasteiger partial charge is 0.477 e. The van der Waals surface area contributed by atoms with Crippen LogP contribution in [0.3, 0.4) is 0 Å². The quantitative estimate of drug-likeness (QED) is 0.512. The van der Waals surface area contributed by atoms with Crippen LogP contribution in [0.2, 0.25) is 0 Å². The van der Waals surface area contributed by atoms with Gasteiger partial charge in [0.2, 0.25) is 5.91 Å². The molecule has 10 heteroatoms. The summed E-state index contributed by atoms with van der Waals surface area (Å²) in [6.45, 7) is 7.76. The summed E-state index contributed by atoms with van der Waals surface area (Å²) in [7, 11) is -3.30. The molecule has 1 heterocycles. The van der Waals surface area contributed by atoms with Gasteiger partial charge in [-0.15, -0.1) is 0 Å². The maximum Gasteiger partial charge on any atom is 0.228 e. The molecule has 1 aliphatic carbocycles. The van der Waals surface area contributed by atoms with Crippen molar-refractivity contribution in [2.24, 2.45) is 4.99 Å². The fourth-order valence-corrected chi connectivity index (χ4v) is 5.49. The summed E-state index contributed by atoms with van der Waals surface area (Å²) in [5, 5.41) is 2.89. The molecular formula is C28H31F2N3O4S. The lowest BCUT2D eigenvalue weighted by Crippen LogP contribution is -2.50. The van der Waals surface area contributed by atoms with E-state index < -0.39 is 27.1 Å². The minimum atomic E-state index is -3.30. The van der Waals surface area contributed by atoms with Crippen molar-refractivity contribution in [3.63, 3.8) is 0 Å². The van der Waals surface area contributed by atoms with Gasteiger partial charge in [-0.1, -0.05) is 25.1 Å². The molecule has 1 amide bonds. The molecule has 202 valence electrons. The molecule has 0 saturated heterocycles. The van der Waals surface area contributed by atoms with Gasteiger partial charge < -0.3 is 15.0 Å². The summed E-state index contributed by atoms with van der Waals surface area (Å²) < 4.78 is 57.5. The van der Waals surface area contributed by atoms with Gasteiger partial charge in [-0.05, 0) is 62.8 Å². The Morgan fingerprint density at radius 1 is 1.13 bits per heavy atom. The van der Waals surface area contributed by atoms with Gasteiger partial charge in [-0.3, -0.25) is 9.79 Å². The lowest BCUT2D eigenvalue weighted by molar-refractivity contribution is -0.119. The summed E-state index contributed by atoms with van der Waals surface area (Å²) >= 11 is 0. The first-order valence-electron chi connectivity index (χ1n) is 12.4. The number of amidine groups is 1. The molecule has 0 spiro atoms. The fourth-order valence-electron chi connectivity index (χ4n) is 4.61. The summed E-state index contributed by atoms with van der Waals surface area (Å²) in [6.07, 6.45) is 5.74. The van der Waals surface area contributed by atoms with E-state index in [0.717, 1.165) is 12.1 Å². The second-order valence-electron chi connectivity index (χ2n) is 9.66. The average Bonchev–Trinajstić information content (AvgIpc) is 3.25. The number of ether oxygens (including phenoxy) is 1. The van der Waals surface area contributed by atoms with Crippen LogP contribution in [-0.2, 0) is 21.1 Å². The Morgan fingerprint density at radius 2 is 1.84 bits per heavy atom. The van der Waals surface area contributed by atoms with Gasteiger partial charge in [-0.2, -0.15) is 0 Å². The first-order chi connectivity index (χ1) is 17.9. The standard InChI is InChI=1S/C28H31F2N3O4S/c1-5-33-24-13-10-20(31-26(34)15-18-7-11-21(12-8-18)38(35,36)6-2)17-23(24)32-27(33)28(3,4)37-25-14-9-19(29)16-22(25)30/h7-14,16-17,23-24H,5-6,15H2,1-4H3,(H,31,34). The molecule has 0 saturated carbocycles. The average molecular weight is 544 g/mol. The topological polar surface area (TPSA) is 88.1 Å². The highest BCUT2D eigenvalue weighted by atomic mass is 32.2. The van der Waals surface area contributed by atoms with Crippen LogP contribution in [0.4, 0.5) is 8.78 Å². The third kappa shape index (κ3) is 5.80. The fraction of sp³-hybridized carbons (Fsp3) is 0.357. The molecule has 2 atom stereocenters. The van der Waals surface area contributed by atoms with E-state index in [1.165, 1.54) is 18.2 Å². The number of rotatable bonds is 9. The molecule has 0 aromatic heterocycles. The summed E-state index contributed by atoms with van der Waals surface area (Å²) in [6, 6.07) is 9.11. The number of benzene rings is 2. The highest BCUT2D eigenvalue weighted by Crippen LogP contribution is 2.32. The molecule has 0 fully saturated rings. The highest BCUT2D eigenvalue weighted by Gasteiger charge is 2.42. The smallest absolute Gasteiger partial charge is 0.228 e. The number of halogens is 2. The number of fused-ring (bicyclic) bond motifs is 1. The van der Waals surface area contributed by atoms with E-state index in [1.54, 1.807) is 32.9 Å². The molecule has 0 bridgehead atoms. The molecule has 1 aliphatic heterocycles. The van der Waals surface area contributed by atoms with E-state index in [1.807, 2.05) is 25.2 Å². The van der Waals surface area contributed by atoms with Crippen LogP contribution in [0.1, 0.15) is 33.3 Å². The molecule has 0 radical (unpaired) electrons. The monoisotopic (exact) mass is 543 g/mol. The van der Waals surface area contributed by atoms with Gasteiger partial charge in [0.05, 0.1) is 29.2 Å². The Kier molecular flexibility index (Phi) is 7.73. The van der Waals surface area contributed by atoms with Gasteiger partial charge in [0.1, 0.15) is 11.7 Å². The summed E-state index contributed by atoms with van der Waals surface area (Å²) in [4.78, 5) is 19.8. The molecule has 38 heavy (non-hydrogen) atoms. The minimum absolute atomic E-state index is 0.0154. The van der Waals surface area contributed by atoms with E-state index in [-0.39, 0.29) is 40.8 Å². The number of carbonyl (C=O) groups is 1. The second kappa shape index (κ2) is 10.7. The zero-order valence-corrected chi connectivity index (χ0v) is 22.6. The van der Waals surface area contributed by atoms with Gasteiger partial charge in [0.15, 0.2) is 27.0 Å². The third-order valence-electron chi connectivity index (χ3n) is 6.53. The van der Waals surface area contributed by atoms with Gasteiger partial charge in [0, 0.05) is 18.3 Å². The van der Waals surface area contributed by atoms with Crippen LogP contribution >= 0.6 is 0 Å². The van der Waals surface area contributed by atoms with E-state index in [0.29, 0.717) is 23.6 Å². The van der Waals surface area contributed by atoms with Crippen molar-refractivity contribution in [1.29, 1.82) is 0 Å². The Morgan fingerprint density at radius 3 is 2.47 bits per heavy atom. The van der Waals surface area contributed by atoms with Crippen molar-refractivity contribution >= 4 is 21.6 Å². The number of aliphatic imine (C=N–C) groups is 1. The van der Waals surface area contributed by atoms with Crippen molar-refractivity contribution in [1.82, 2.24) is 10.2 Å². The number of sulfone groups is 1. The van der Waals surface area contributed by atoms with E-state index >= 15 is 0 Å². The molecule has 2 aromatic rings. The molecule has 2 unspecified atom stereocenters. The second-order valence-corrected chi connectivity index (χ2v) is 11.9. The normalized spacial score (nSPS) is 19.1. The number of hydrogen-bond acceptors (Lipinski definition) is 6. The predicted octanol–water partition coefficient (Wildman–Crippen LogP) is 4.20. The number of likely N-dealkylation sites (N-methyl/N-ethyl adjacent to an activating group) is 1. The Labute approximate surface area is 221 Å². The van der Waals surface area contributed by atoms with Gasteiger partial charge in [-0.25, -0.2) is 17.2 Å². The van der Waals surface area contributed by atoms with Crippen LogP contribution in [-0.4, -0.2) is 55.0 Å². The number of nitrogens with zero attached hydrogens (tertiary/aromatic N) is 2. The Balaban J connectivity index is 1.46. The van der Waals surface area contributed by atoms with Crippen LogP contribution in [0.5, 0.6) is 5.75 Å². The number of allylic oxidation sites excluding steroid dienone is 1. The van der Waals surface area contributed by atoms with Crippen LogP contribution in [0.25, 0.3) is 0 Å². The molecule has 2 aliphatic rings. The number of hydrogen-bond donors (Lipinski definition) is 1. The maximum absolute atomic E-state index is 14.3. The van der Waals surface area contributed by atoms with Crippen molar-refractivity contribution in [2.75, 3.05) is 12.3 Å².